The average Bonchev–Trinajstić information content (AvgIpc) is 2.87. The van der Waals surface area contributed by atoms with Crippen LogP contribution >= 0.6 is 0 Å². The number of nitrogens with zero attached hydrogens (tertiary/aromatic N) is 2. The van der Waals surface area contributed by atoms with Crippen LogP contribution in [0.2, 0.25) is 0 Å². The number of para-hydroxylation sites is 2. The standard InChI is InChI=1S/C17H25N3O/c1-3-17(21)18-13-9-5-6-12-16-19-14-10-7-8-11-15(14)20(16)4-2/h7-8,10-11H,3-6,9,12-13H2,1-2H3,(H,18,21). The first-order chi connectivity index (χ1) is 10.3. The maximum atomic E-state index is 11.1. The summed E-state index contributed by atoms with van der Waals surface area (Å²) in [6, 6.07) is 8.31. The van der Waals surface area contributed by atoms with E-state index in [1.54, 1.807) is 0 Å². The molecule has 2 aromatic rings. The van der Waals surface area contributed by atoms with Crippen LogP contribution in [0.15, 0.2) is 24.3 Å². The largest absolute Gasteiger partial charge is 0.356 e. The predicted molar refractivity (Wildman–Crippen MR) is 86.3 cm³/mol. The fourth-order valence-electron chi connectivity index (χ4n) is 2.61. The Kier molecular flexibility index (Phi) is 5.78. The Bertz CT molecular complexity index is 589. The SMILES string of the molecule is CCC(=O)NCCCCCc1nc2ccccc2n1CC. The number of carbonyl (C=O) groups is 1. The van der Waals surface area contributed by atoms with E-state index in [0.29, 0.717) is 6.42 Å². The third-order valence-corrected chi connectivity index (χ3v) is 3.77. The number of aromatic nitrogens is 2. The van der Waals surface area contributed by atoms with Crippen molar-refractivity contribution < 1.29 is 4.79 Å². The number of aryl methyl sites for hydroxylation is 2. The summed E-state index contributed by atoms with van der Waals surface area (Å²) in [6.07, 6.45) is 4.85. The summed E-state index contributed by atoms with van der Waals surface area (Å²) in [7, 11) is 0. The van der Waals surface area contributed by atoms with Crippen molar-refractivity contribution in [1.29, 1.82) is 0 Å². The molecule has 21 heavy (non-hydrogen) atoms. The van der Waals surface area contributed by atoms with Crippen molar-refractivity contribution in [3.8, 4) is 0 Å². The molecule has 1 amide bonds. The normalized spacial score (nSPS) is 11.0. The van der Waals surface area contributed by atoms with Crippen molar-refractivity contribution in [3.63, 3.8) is 0 Å². The van der Waals surface area contributed by atoms with Gasteiger partial charge in [0.2, 0.25) is 5.91 Å². The van der Waals surface area contributed by atoms with Gasteiger partial charge in [0, 0.05) is 25.9 Å². The van der Waals surface area contributed by atoms with E-state index < -0.39 is 0 Å². The molecule has 0 radical (unpaired) electrons. The molecule has 0 aliphatic carbocycles. The molecule has 2 rings (SSSR count). The number of unbranched alkanes of at least 4 members (excludes halogenated alkanes) is 2. The Hall–Kier alpha value is -1.84. The van der Waals surface area contributed by atoms with Crippen molar-refractivity contribution >= 4 is 16.9 Å². The van der Waals surface area contributed by atoms with E-state index in [9.17, 15) is 4.79 Å². The number of hydrogen-bond acceptors (Lipinski definition) is 2. The summed E-state index contributed by atoms with van der Waals surface area (Å²) in [6.45, 7) is 5.79. The highest BCUT2D eigenvalue weighted by Gasteiger charge is 2.08. The van der Waals surface area contributed by atoms with E-state index >= 15 is 0 Å². The van der Waals surface area contributed by atoms with Crippen molar-refractivity contribution in [2.24, 2.45) is 0 Å². The zero-order valence-corrected chi connectivity index (χ0v) is 13.1. The molecule has 0 fully saturated rings. The molecule has 4 heteroatoms. The molecule has 114 valence electrons. The molecule has 1 N–H and O–H groups in total. The summed E-state index contributed by atoms with van der Waals surface area (Å²) in [4.78, 5) is 15.9. The first kappa shape index (κ1) is 15.5. The number of nitrogens with one attached hydrogen (secondary N) is 1. The molecule has 0 spiro atoms. The lowest BCUT2D eigenvalue weighted by Gasteiger charge is -2.06. The van der Waals surface area contributed by atoms with Gasteiger partial charge < -0.3 is 9.88 Å². The van der Waals surface area contributed by atoms with Crippen LogP contribution in [0, 0.1) is 0 Å². The minimum absolute atomic E-state index is 0.141. The Morgan fingerprint density at radius 1 is 1.19 bits per heavy atom. The maximum absolute atomic E-state index is 11.1. The summed E-state index contributed by atoms with van der Waals surface area (Å²) in [5.41, 5.74) is 2.31. The van der Waals surface area contributed by atoms with Gasteiger partial charge in [0.25, 0.3) is 0 Å². The van der Waals surface area contributed by atoms with Crippen LogP contribution < -0.4 is 5.32 Å². The number of hydrogen-bond donors (Lipinski definition) is 1. The van der Waals surface area contributed by atoms with Crippen molar-refractivity contribution in [1.82, 2.24) is 14.9 Å². The molecule has 1 heterocycles. The number of carbonyl (C=O) groups excluding carboxylic acids is 1. The van der Waals surface area contributed by atoms with E-state index in [1.165, 1.54) is 11.3 Å². The second-order valence-corrected chi connectivity index (χ2v) is 5.28. The molecule has 0 saturated carbocycles. The van der Waals surface area contributed by atoms with Gasteiger partial charge in [-0.05, 0) is 31.9 Å². The monoisotopic (exact) mass is 287 g/mol. The van der Waals surface area contributed by atoms with E-state index in [4.69, 9.17) is 4.98 Å². The van der Waals surface area contributed by atoms with Crippen LogP contribution in [-0.2, 0) is 17.8 Å². The number of rotatable bonds is 8. The molecular weight excluding hydrogens is 262 g/mol. The van der Waals surface area contributed by atoms with Crippen LogP contribution in [0.3, 0.4) is 0 Å². The topological polar surface area (TPSA) is 46.9 Å². The van der Waals surface area contributed by atoms with Crippen molar-refractivity contribution in [2.75, 3.05) is 6.54 Å². The zero-order chi connectivity index (χ0) is 15.1. The zero-order valence-electron chi connectivity index (χ0n) is 13.1. The van der Waals surface area contributed by atoms with E-state index in [2.05, 4.69) is 35.0 Å². The molecule has 0 aliphatic rings. The lowest BCUT2D eigenvalue weighted by Crippen LogP contribution is -2.23. The molecule has 0 saturated heterocycles. The lowest BCUT2D eigenvalue weighted by atomic mass is 10.2. The highest BCUT2D eigenvalue weighted by Crippen LogP contribution is 2.17. The number of amides is 1. The van der Waals surface area contributed by atoms with Crippen LogP contribution in [0.4, 0.5) is 0 Å². The smallest absolute Gasteiger partial charge is 0.219 e. The van der Waals surface area contributed by atoms with Crippen molar-refractivity contribution in [2.45, 2.75) is 52.5 Å². The molecule has 0 aliphatic heterocycles. The molecule has 0 bridgehead atoms. The van der Waals surface area contributed by atoms with Crippen LogP contribution in [0.25, 0.3) is 11.0 Å². The van der Waals surface area contributed by atoms with E-state index in [0.717, 1.165) is 44.3 Å². The van der Waals surface area contributed by atoms with Gasteiger partial charge in [0.15, 0.2) is 0 Å². The maximum Gasteiger partial charge on any atom is 0.219 e. The number of fused-ring (bicyclic) bond motifs is 1. The van der Waals surface area contributed by atoms with Gasteiger partial charge in [-0.2, -0.15) is 0 Å². The fourth-order valence-corrected chi connectivity index (χ4v) is 2.61. The summed E-state index contributed by atoms with van der Waals surface area (Å²) in [5.74, 6) is 1.32. The van der Waals surface area contributed by atoms with Gasteiger partial charge in [0.1, 0.15) is 5.82 Å². The van der Waals surface area contributed by atoms with Gasteiger partial charge in [0.05, 0.1) is 11.0 Å². The van der Waals surface area contributed by atoms with Crippen molar-refractivity contribution in [3.05, 3.63) is 30.1 Å². The Morgan fingerprint density at radius 2 is 2.00 bits per heavy atom. The molecule has 0 unspecified atom stereocenters. The minimum Gasteiger partial charge on any atom is -0.356 e. The van der Waals surface area contributed by atoms with Gasteiger partial charge >= 0.3 is 0 Å². The van der Waals surface area contributed by atoms with Gasteiger partial charge in [-0.3, -0.25) is 4.79 Å². The fraction of sp³-hybridized carbons (Fsp3) is 0.529. The quantitative estimate of drug-likeness (QED) is 0.757. The molecule has 4 nitrogen and oxygen atoms in total. The van der Waals surface area contributed by atoms with Gasteiger partial charge in [-0.15, -0.1) is 0 Å². The minimum atomic E-state index is 0.141. The molecular formula is C17H25N3O. The van der Waals surface area contributed by atoms with Gasteiger partial charge in [-0.1, -0.05) is 25.5 Å². The van der Waals surface area contributed by atoms with E-state index in [1.807, 2.05) is 13.0 Å². The van der Waals surface area contributed by atoms with E-state index in [-0.39, 0.29) is 5.91 Å². The number of benzene rings is 1. The van der Waals surface area contributed by atoms with Crippen LogP contribution in [0.1, 0.15) is 45.4 Å². The highest BCUT2D eigenvalue weighted by atomic mass is 16.1. The molecule has 1 aromatic heterocycles. The highest BCUT2D eigenvalue weighted by molar-refractivity contribution is 5.76. The molecule has 1 aromatic carbocycles. The van der Waals surface area contributed by atoms with Crippen LogP contribution in [-0.4, -0.2) is 22.0 Å². The molecule has 0 atom stereocenters. The summed E-state index contributed by atoms with van der Waals surface area (Å²) < 4.78 is 2.30. The van der Waals surface area contributed by atoms with Crippen LogP contribution in [0.5, 0.6) is 0 Å². The first-order valence-corrected chi connectivity index (χ1v) is 7.97. The Labute approximate surface area is 126 Å². The first-order valence-electron chi connectivity index (χ1n) is 7.97. The third-order valence-electron chi connectivity index (χ3n) is 3.77. The Balaban J connectivity index is 1.82. The average molecular weight is 287 g/mol. The van der Waals surface area contributed by atoms with Gasteiger partial charge in [-0.25, -0.2) is 4.98 Å². The Morgan fingerprint density at radius 3 is 2.76 bits per heavy atom. The summed E-state index contributed by atoms with van der Waals surface area (Å²) >= 11 is 0. The third kappa shape index (κ3) is 4.06. The lowest BCUT2D eigenvalue weighted by molar-refractivity contribution is -0.120. The predicted octanol–water partition coefficient (Wildman–Crippen LogP) is 3.30. The summed E-state index contributed by atoms with van der Waals surface area (Å²) in [5, 5.41) is 2.92. The number of imidazole rings is 1. The second-order valence-electron chi connectivity index (χ2n) is 5.28. The second kappa shape index (κ2) is 7.81.